The summed E-state index contributed by atoms with van der Waals surface area (Å²) in [4.78, 5) is 4.44. The summed E-state index contributed by atoms with van der Waals surface area (Å²) in [6, 6.07) is 11.3. The van der Waals surface area contributed by atoms with Crippen LogP contribution in [0.4, 0.5) is 0 Å². The third-order valence-electron chi connectivity index (χ3n) is 4.72. The van der Waals surface area contributed by atoms with Crippen LogP contribution in [0.3, 0.4) is 0 Å². The van der Waals surface area contributed by atoms with Crippen molar-refractivity contribution >= 4 is 10.0 Å². The van der Waals surface area contributed by atoms with Gasteiger partial charge in [-0.3, -0.25) is 4.98 Å². The molecule has 1 aliphatic heterocycles. The van der Waals surface area contributed by atoms with E-state index in [1.54, 1.807) is 28.8 Å². The summed E-state index contributed by atoms with van der Waals surface area (Å²) < 4.78 is 27.8. The van der Waals surface area contributed by atoms with E-state index in [2.05, 4.69) is 4.98 Å². The van der Waals surface area contributed by atoms with E-state index in [9.17, 15) is 8.42 Å². The number of rotatable bonds is 5. The van der Waals surface area contributed by atoms with Crippen molar-refractivity contribution in [3.8, 4) is 0 Å². The Morgan fingerprint density at radius 3 is 2.50 bits per heavy atom. The van der Waals surface area contributed by atoms with Crippen LogP contribution in [-0.2, 0) is 16.4 Å². The molecule has 5 heteroatoms. The van der Waals surface area contributed by atoms with Gasteiger partial charge in [-0.05, 0) is 62.4 Å². The molecule has 0 saturated carbocycles. The number of hydrogen-bond donors (Lipinski definition) is 0. The summed E-state index contributed by atoms with van der Waals surface area (Å²) >= 11 is 0. The van der Waals surface area contributed by atoms with Crippen LogP contribution in [0.1, 0.15) is 36.8 Å². The second kappa shape index (κ2) is 7.45. The zero-order valence-electron chi connectivity index (χ0n) is 14.1. The van der Waals surface area contributed by atoms with E-state index in [0.29, 0.717) is 11.4 Å². The monoisotopic (exact) mass is 344 g/mol. The highest BCUT2D eigenvalue weighted by atomic mass is 32.2. The van der Waals surface area contributed by atoms with Crippen molar-refractivity contribution in [1.29, 1.82) is 0 Å². The molecule has 1 aromatic heterocycles. The lowest BCUT2D eigenvalue weighted by Gasteiger charge is -2.34. The molecule has 1 fully saturated rings. The van der Waals surface area contributed by atoms with Gasteiger partial charge in [0, 0.05) is 25.0 Å². The maximum Gasteiger partial charge on any atom is 0.243 e. The van der Waals surface area contributed by atoms with Crippen molar-refractivity contribution in [1.82, 2.24) is 9.29 Å². The summed E-state index contributed by atoms with van der Waals surface area (Å²) in [6.45, 7) is 2.59. The third kappa shape index (κ3) is 3.84. The highest BCUT2D eigenvalue weighted by molar-refractivity contribution is 7.89. The Hall–Kier alpha value is -1.72. The van der Waals surface area contributed by atoms with Gasteiger partial charge in [0.2, 0.25) is 10.0 Å². The van der Waals surface area contributed by atoms with Crippen molar-refractivity contribution in [2.75, 3.05) is 6.54 Å². The van der Waals surface area contributed by atoms with Crippen LogP contribution in [-0.4, -0.2) is 30.3 Å². The first-order valence-electron chi connectivity index (χ1n) is 8.55. The maximum atomic E-state index is 13.0. The van der Waals surface area contributed by atoms with Gasteiger partial charge in [-0.25, -0.2) is 8.42 Å². The second-order valence-electron chi connectivity index (χ2n) is 6.47. The van der Waals surface area contributed by atoms with Gasteiger partial charge in [0.1, 0.15) is 0 Å². The smallest absolute Gasteiger partial charge is 0.243 e. The predicted octanol–water partition coefficient (Wildman–Crippen LogP) is 3.57. The van der Waals surface area contributed by atoms with Crippen LogP contribution in [0.5, 0.6) is 0 Å². The molecule has 2 aromatic rings. The summed E-state index contributed by atoms with van der Waals surface area (Å²) in [5.74, 6) is 0. The van der Waals surface area contributed by atoms with Gasteiger partial charge in [0.15, 0.2) is 0 Å². The van der Waals surface area contributed by atoms with Gasteiger partial charge < -0.3 is 0 Å². The third-order valence-corrected chi connectivity index (χ3v) is 6.68. The van der Waals surface area contributed by atoms with Crippen molar-refractivity contribution in [3.05, 3.63) is 59.9 Å². The van der Waals surface area contributed by atoms with E-state index in [0.717, 1.165) is 37.7 Å². The Labute approximate surface area is 144 Å². The SMILES string of the molecule is Cc1ccc(S(=O)(=O)N2CCCCC2CCc2ccncc2)cc1. The molecule has 1 aliphatic rings. The summed E-state index contributed by atoms with van der Waals surface area (Å²) in [5.41, 5.74) is 2.28. The molecular weight excluding hydrogens is 320 g/mol. The van der Waals surface area contributed by atoms with Crippen LogP contribution in [0, 0.1) is 6.92 Å². The lowest BCUT2D eigenvalue weighted by molar-refractivity contribution is 0.241. The van der Waals surface area contributed by atoms with Crippen molar-refractivity contribution in [2.24, 2.45) is 0 Å². The molecule has 0 N–H and O–H groups in total. The molecule has 4 nitrogen and oxygen atoms in total. The fraction of sp³-hybridized carbons (Fsp3) is 0.421. The van der Waals surface area contributed by atoms with Gasteiger partial charge in [0.25, 0.3) is 0 Å². The van der Waals surface area contributed by atoms with Crippen LogP contribution in [0.15, 0.2) is 53.7 Å². The van der Waals surface area contributed by atoms with E-state index in [1.807, 2.05) is 31.2 Å². The number of piperidine rings is 1. The molecule has 2 heterocycles. The van der Waals surface area contributed by atoms with Crippen molar-refractivity contribution < 1.29 is 8.42 Å². The van der Waals surface area contributed by atoms with Crippen LogP contribution >= 0.6 is 0 Å². The molecule has 3 rings (SSSR count). The molecule has 0 bridgehead atoms. The first kappa shape index (κ1) is 17.1. The van der Waals surface area contributed by atoms with E-state index < -0.39 is 10.0 Å². The molecular formula is C19H24N2O2S. The minimum absolute atomic E-state index is 0.0817. The van der Waals surface area contributed by atoms with Gasteiger partial charge in [-0.1, -0.05) is 24.1 Å². The number of nitrogens with zero attached hydrogens (tertiary/aromatic N) is 2. The molecule has 0 aliphatic carbocycles. The molecule has 0 spiro atoms. The number of aromatic nitrogens is 1. The van der Waals surface area contributed by atoms with Crippen LogP contribution < -0.4 is 0 Å². The maximum absolute atomic E-state index is 13.0. The molecule has 1 saturated heterocycles. The number of sulfonamides is 1. The molecule has 1 atom stereocenters. The van der Waals surface area contributed by atoms with E-state index >= 15 is 0 Å². The summed E-state index contributed by atoms with van der Waals surface area (Å²) in [6.07, 6.45) is 8.30. The van der Waals surface area contributed by atoms with Gasteiger partial charge in [0.05, 0.1) is 4.90 Å². The highest BCUT2D eigenvalue weighted by Crippen LogP contribution is 2.28. The topological polar surface area (TPSA) is 50.3 Å². The number of pyridine rings is 1. The van der Waals surface area contributed by atoms with E-state index in [4.69, 9.17) is 0 Å². The highest BCUT2D eigenvalue weighted by Gasteiger charge is 2.33. The Balaban J connectivity index is 1.77. The summed E-state index contributed by atoms with van der Waals surface area (Å²) in [5, 5.41) is 0. The molecule has 1 unspecified atom stereocenters. The lowest BCUT2D eigenvalue weighted by atomic mass is 9.98. The largest absolute Gasteiger partial charge is 0.265 e. The first-order valence-corrected chi connectivity index (χ1v) is 9.99. The summed E-state index contributed by atoms with van der Waals surface area (Å²) in [7, 11) is -3.41. The van der Waals surface area contributed by atoms with Crippen molar-refractivity contribution in [2.45, 2.75) is 50.0 Å². The van der Waals surface area contributed by atoms with Gasteiger partial charge in [-0.15, -0.1) is 0 Å². The van der Waals surface area contributed by atoms with Gasteiger partial charge in [-0.2, -0.15) is 4.31 Å². The molecule has 24 heavy (non-hydrogen) atoms. The quantitative estimate of drug-likeness (QED) is 0.833. The second-order valence-corrected chi connectivity index (χ2v) is 8.36. The fourth-order valence-corrected chi connectivity index (χ4v) is 5.03. The van der Waals surface area contributed by atoms with Crippen LogP contribution in [0.25, 0.3) is 0 Å². The molecule has 0 amide bonds. The lowest BCUT2D eigenvalue weighted by Crippen LogP contribution is -2.43. The molecule has 0 radical (unpaired) electrons. The Kier molecular flexibility index (Phi) is 5.31. The fourth-order valence-electron chi connectivity index (χ4n) is 3.31. The minimum atomic E-state index is -3.41. The Bertz CT molecular complexity index is 758. The standard InChI is InChI=1S/C19H24N2O2S/c1-16-5-9-19(10-6-16)24(22,23)21-15-3-2-4-18(21)8-7-17-11-13-20-14-12-17/h5-6,9-14,18H,2-4,7-8,15H2,1H3. The van der Waals surface area contributed by atoms with Crippen molar-refractivity contribution in [3.63, 3.8) is 0 Å². The Morgan fingerprint density at radius 2 is 1.79 bits per heavy atom. The first-order chi connectivity index (χ1) is 11.6. The Morgan fingerprint density at radius 1 is 1.08 bits per heavy atom. The van der Waals surface area contributed by atoms with Crippen LogP contribution in [0.2, 0.25) is 0 Å². The predicted molar refractivity (Wildman–Crippen MR) is 95.3 cm³/mol. The normalized spacial score (nSPS) is 19.3. The molecule has 128 valence electrons. The van der Waals surface area contributed by atoms with E-state index in [-0.39, 0.29) is 6.04 Å². The van der Waals surface area contributed by atoms with E-state index in [1.165, 1.54) is 5.56 Å². The number of benzene rings is 1. The molecule has 1 aromatic carbocycles. The average Bonchev–Trinajstić information content (AvgIpc) is 2.61. The zero-order valence-corrected chi connectivity index (χ0v) is 14.9. The van der Waals surface area contributed by atoms with Gasteiger partial charge >= 0.3 is 0 Å². The number of hydrogen-bond acceptors (Lipinski definition) is 3. The zero-order chi connectivity index (χ0) is 17.0. The average molecular weight is 344 g/mol. The minimum Gasteiger partial charge on any atom is -0.265 e. The number of aryl methyl sites for hydroxylation is 2.